The highest BCUT2D eigenvalue weighted by atomic mass is 32.2. The maximum absolute atomic E-state index is 8.65. The van der Waals surface area contributed by atoms with E-state index in [-0.39, 0.29) is 5.71 Å². The Morgan fingerprint density at radius 1 is 1.73 bits per heavy atom. The highest BCUT2D eigenvalue weighted by Gasteiger charge is 2.09. The third-order valence-corrected chi connectivity index (χ3v) is 2.59. The zero-order valence-electron chi connectivity index (χ0n) is 8.43. The first-order chi connectivity index (χ1) is 7.22. The molecule has 0 unspecified atom stereocenters. The largest absolute Gasteiger partial charge is 0.410 e. The van der Waals surface area contributed by atoms with E-state index in [1.807, 2.05) is 13.8 Å². The summed E-state index contributed by atoms with van der Waals surface area (Å²) in [5.74, 6) is 0.872. The van der Waals surface area contributed by atoms with Crippen LogP contribution in [-0.4, -0.2) is 26.6 Å². The Bertz CT molecular complexity index is 425. The molecule has 1 aromatic rings. The second-order valence-corrected chi connectivity index (χ2v) is 3.89. The Kier molecular flexibility index (Phi) is 4.06. The van der Waals surface area contributed by atoms with Crippen molar-refractivity contribution in [2.24, 2.45) is 5.16 Å². The van der Waals surface area contributed by atoms with Crippen molar-refractivity contribution in [3.8, 4) is 6.07 Å². The number of aryl methyl sites for hydroxylation is 1. The second kappa shape index (κ2) is 5.32. The number of rotatable bonds is 3. The average molecular weight is 222 g/mol. The minimum absolute atomic E-state index is 0.125. The molecule has 0 amide bonds. The lowest BCUT2D eigenvalue weighted by molar-refractivity contribution is 0.320. The average Bonchev–Trinajstić information content (AvgIpc) is 2.25. The quantitative estimate of drug-likeness (QED) is 0.363. The molecule has 0 aliphatic rings. The lowest BCUT2D eigenvalue weighted by atomic mass is 10.3. The van der Waals surface area contributed by atoms with Gasteiger partial charge in [0, 0.05) is 0 Å². The molecule has 0 aliphatic carbocycles. The van der Waals surface area contributed by atoms with Crippen LogP contribution in [0.3, 0.4) is 0 Å². The van der Waals surface area contributed by atoms with Gasteiger partial charge in [-0.15, -0.1) is 11.8 Å². The summed E-state index contributed by atoms with van der Waals surface area (Å²) in [6.07, 6.45) is 1.42. The normalized spacial score (nSPS) is 11.1. The number of oxime groups is 1. The van der Waals surface area contributed by atoms with Gasteiger partial charge in [-0.2, -0.15) is 5.26 Å². The van der Waals surface area contributed by atoms with Gasteiger partial charge >= 0.3 is 0 Å². The zero-order valence-corrected chi connectivity index (χ0v) is 9.25. The fourth-order valence-corrected chi connectivity index (χ4v) is 1.65. The van der Waals surface area contributed by atoms with Crippen molar-refractivity contribution in [1.82, 2.24) is 9.97 Å². The van der Waals surface area contributed by atoms with Crippen LogP contribution in [0.1, 0.15) is 18.3 Å². The molecule has 0 atom stereocenters. The van der Waals surface area contributed by atoms with E-state index in [1.165, 1.54) is 18.0 Å². The Hall–Kier alpha value is -1.61. The maximum Gasteiger partial charge on any atom is 0.206 e. The number of nitriles is 1. The summed E-state index contributed by atoms with van der Waals surface area (Å²) in [7, 11) is 0. The Morgan fingerprint density at radius 3 is 3.00 bits per heavy atom. The highest BCUT2D eigenvalue weighted by molar-refractivity contribution is 7.99. The Morgan fingerprint density at radius 2 is 2.47 bits per heavy atom. The number of aromatic nitrogens is 2. The van der Waals surface area contributed by atoms with E-state index in [9.17, 15) is 0 Å². The Labute approximate surface area is 91.9 Å². The van der Waals surface area contributed by atoms with Crippen molar-refractivity contribution >= 4 is 17.5 Å². The highest BCUT2D eigenvalue weighted by Crippen LogP contribution is 2.17. The summed E-state index contributed by atoms with van der Waals surface area (Å²) in [4.78, 5) is 8.28. The molecule has 1 heterocycles. The van der Waals surface area contributed by atoms with Gasteiger partial charge in [0.05, 0.1) is 11.9 Å². The van der Waals surface area contributed by atoms with Gasteiger partial charge in [-0.25, -0.2) is 4.98 Å². The molecule has 1 rings (SSSR count). The fourth-order valence-electron chi connectivity index (χ4n) is 0.951. The number of hydrogen-bond donors (Lipinski definition) is 1. The summed E-state index contributed by atoms with van der Waals surface area (Å²) in [6.45, 7) is 3.85. The van der Waals surface area contributed by atoms with Crippen molar-refractivity contribution in [3.05, 3.63) is 17.6 Å². The first-order valence-electron chi connectivity index (χ1n) is 4.31. The molecule has 0 saturated heterocycles. The molecule has 1 aromatic heterocycles. The predicted molar refractivity (Wildman–Crippen MR) is 57.1 cm³/mol. The summed E-state index contributed by atoms with van der Waals surface area (Å²) < 4.78 is 0. The van der Waals surface area contributed by atoms with Crippen LogP contribution in [-0.2, 0) is 0 Å². The van der Waals surface area contributed by atoms with E-state index in [2.05, 4.69) is 15.1 Å². The molecule has 0 aliphatic heterocycles. The van der Waals surface area contributed by atoms with Crippen LogP contribution in [0.15, 0.2) is 16.4 Å². The van der Waals surface area contributed by atoms with Gasteiger partial charge in [-0.3, -0.25) is 4.98 Å². The van der Waals surface area contributed by atoms with Gasteiger partial charge in [-0.05, 0) is 12.7 Å². The third kappa shape index (κ3) is 2.67. The minimum atomic E-state index is -0.125. The zero-order chi connectivity index (χ0) is 11.3. The van der Waals surface area contributed by atoms with Crippen LogP contribution < -0.4 is 0 Å². The van der Waals surface area contributed by atoms with Crippen molar-refractivity contribution in [1.29, 1.82) is 5.26 Å². The van der Waals surface area contributed by atoms with E-state index in [0.29, 0.717) is 5.69 Å². The predicted octanol–water partition coefficient (Wildman–Crippen LogP) is 1.60. The number of nitrogens with zero attached hydrogens (tertiary/aromatic N) is 4. The van der Waals surface area contributed by atoms with Crippen LogP contribution in [0, 0.1) is 18.3 Å². The minimum Gasteiger partial charge on any atom is -0.410 e. The van der Waals surface area contributed by atoms with Crippen LogP contribution in [0.2, 0.25) is 0 Å². The maximum atomic E-state index is 8.65. The molecule has 0 radical (unpaired) electrons. The van der Waals surface area contributed by atoms with Gasteiger partial charge in [0.2, 0.25) is 5.71 Å². The molecule has 0 fully saturated rings. The summed E-state index contributed by atoms with van der Waals surface area (Å²) in [5, 5.41) is 20.8. The van der Waals surface area contributed by atoms with Crippen molar-refractivity contribution in [2.45, 2.75) is 18.9 Å². The molecule has 0 bridgehead atoms. The summed E-state index contributed by atoms with van der Waals surface area (Å²) >= 11 is 1.53. The van der Waals surface area contributed by atoms with E-state index in [4.69, 9.17) is 10.5 Å². The molecule has 0 saturated carbocycles. The van der Waals surface area contributed by atoms with Crippen molar-refractivity contribution in [2.75, 3.05) is 5.75 Å². The molecule has 5 nitrogen and oxygen atoms in total. The fraction of sp³-hybridized carbons (Fsp3) is 0.333. The molecule has 0 aromatic carbocycles. The molecular weight excluding hydrogens is 212 g/mol. The van der Waals surface area contributed by atoms with Crippen LogP contribution in [0.5, 0.6) is 0 Å². The smallest absolute Gasteiger partial charge is 0.206 e. The SMILES string of the molecule is CCSc1nc(/C(C#N)=N/O)cnc1C. The van der Waals surface area contributed by atoms with E-state index < -0.39 is 0 Å². The summed E-state index contributed by atoms with van der Waals surface area (Å²) in [6, 6.07) is 1.75. The van der Waals surface area contributed by atoms with Crippen molar-refractivity contribution in [3.63, 3.8) is 0 Å². The monoisotopic (exact) mass is 222 g/mol. The van der Waals surface area contributed by atoms with E-state index >= 15 is 0 Å². The van der Waals surface area contributed by atoms with Crippen LogP contribution >= 0.6 is 11.8 Å². The van der Waals surface area contributed by atoms with Gasteiger partial charge in [0.15, 0.2) is 0 Å². The molecule has 15 heavy (non-hydrogen) atoms. The van der Waals surface area contributed by atoms with E-state index in [0.717, 1.165) is 16.5 Å². The van der Waals surface area contributed by atoms with Gasteiger partial charge in [0.25, 0.3) is 0 Å². The Balaban J connectivity index is 3.13. The van der Waals surface area contributed by atoms with Crippen molar-refractivity contribution < 1.29 is 5.21 Å². The first-order valence-corrected chi connectivity index (χ1v) is 5.30. The number of hydrogen-bond acceptors (Lipinski definition) is 6. The topological polar surface area (TPSA) is 82.2 Å². The van der Waals surface area contributed by atoms with Gasteiger partial charge in [-0.1, -0.05) is 12.1 Å². The standard InChI is InChI=1S/C9H10N4OS/c1-3-15-9-6(2)11-5-8(12-9)7(4-10)13-14/h5,14H,3H2,1-2H3/b13-7+. The summed E-state index contributed by atoms with van der Waals surface area (Å²) in [5.41, 5.74) is 0.975. The lowest BCUT2D eigenvalue weighted by Crippen LogP contribution is -2.04. The first kappa shape index (κ1) is 11.5. The second-order valence-electron chi connectivity index (χ2n) is 2.64. The van der Waals surface area contributed by atoms with Crippen LogP contribution in [0.4, 0.5) is 0 Å². The third-order valence-electron chi connectivity index (χ3n) is 1.64. The molecule has 0 spiro atoms. The molecule has 78 valence electrons. The van der Waals surface area contributed by atoms with Gasteiger partial charge < -0.3 is 5.21 Å². The lowest BCUT2D eigenvalue weighted by Gasteiger charge is -2.03. The van der Waals surface area contributed by atoms with E-state index in [1.54, 1.807) is 6.07 Å². The van der Waals surface area contributed by atoms with Crippen LogP contribution in [0.25, 0.3) is 0 Å². The molecule has 1 N–H and O–H groups in total. The molecule has 6 heteroatoms. The number of thioether (sulfide) groups is 1. The molecular formula is C9H10N4OS. The van der Waals surface area contributed by atoms with Gasteiger partial charge in [0.1, 0.15) is 16.8 Å².